The van der Waals surface area contributed by atoms with Gasteiger partial charge in [-0.25, -0.2) is 4.79 Å². The maximum Gasteiger partial charge on any atom is 0.407 e. The van der Waals surface area contributed by atoms with Crippen molar-refractivity contribution in [1.82, 2.24) is 4.90 Å². The van der Waals surface area contributed by atoms with Gasteiger partial charge in [-0.2, -0.15) is 0 Å². The van der Waals surface area contributed by atoms with Crippen LogP contribution in [0.15, 0.2) is 0 Å². The smallest absolute Gasteiger partial charge is 0.407 e. The van der Waals surface area contributed by atoms with Crippen molar-refractivity contribution in [3.8, 4) is 0 Å². The maximum absolute atomic E-state index is 11.9. The molecule has 21 heavy (non-hydrogen) atoms. The summed E-state index contributed by atoms with van der Waals surface area (Å²) in [6.45, 7) is 5.74. The van der Waals surface area contributed by atoms with Crippen molar-refractivity contribution in [3.05, 3.63) is 0 Å². The second-order valence-corrected chi connectivity index (χ2v) is 6.43. The molecular weight excluding hydrogens is 278 g/mol. The van der Waals surface area contributed by atoms with Crippen LogP contribution < -0.4 is 0 Å². The van der Waals surface area contributed by atoms with Crippen LogP contribution in [0.3, 0.4) is 0 Å². The highest BCUT2D eigenvalue weighted by molar-refractivity contribution is 5.71. The Balaban J connectivity index is 2.71. The third-order valence-corrected chi connectivity index (χ3v) is 3.45. The Morgan fingerprint density at radius 3 is 2.24 bits per heavy atom. The second kappa shape index (κ2) is 6.78. The van der Waals surface area contributed by atoms with E-state index in [4.69, 9.17) is 14.9 Å². The molecule has 7 heteroatoms. The third-order valence-electron chi connectivity index (χ3n) is 3.45. The summed E-state index contributed by atoms with van der Waals surface area (Å²) in [4.78, 5) is 35.1. The highest BCUT2D eigenvalue weighted by Gasteiger charge is 2.35. The molecule has 120 valence electrons. The van der Waals surface area contributed by atoms with E-state index in [0.717, 1.165) is 0 Å². The number of esters is 1. The Labute approximate surface area is 123 Å². The van der Waals surface area contributed by atoms with Gasteiger partial charge in [0.1, 0.15) is 5.60 Å². The molecule has 0 radical (unpaired) electrons. The zero-order valence-electron chi connectivity index (χ0n) is 12.7. The van der Waals surface area contributed by atoms with Gasteiger partial charge in [-0.15, -0.1) is 0 Å². The van der Waals surface area contributed by atoms with Gasteiger partial charge in [-0.3, -0.25) is 9.59 Å². The largest absolute Gasteiger partial charge is 0.481 e. The zero-order valence-corrected chi connectivity index (χ0v) is 12.7. The zero-order chi connectivity index (χ0) is 16.2. The fourth-order valence-corrected chi connectivity index (χ4v) is 2.58. The number of piperidine rings is 1. The summed E-state index contributed by atoms with van der Waals surface area (Å²) in [7, 11) is 0. The van der Waals surface area contributed by atoms with Crippen molar-refractivity contribution < 1.29 is 29.3 Å². The number of nitrogens with zero attached hydrogens (tertiary/aromatic N) is 1. The number of carboxylic acid groups (broad SMARTS) is 2. The highest BCUT2D eigenvalue weighted by Crippen LogP contribution is 2.30. The lowest BCUT2D eigenvalue weighted by Crippen LogP contribution is -2.44. The van der Waals surface area contributed by atoms with Gasteiger partial charge in [-0.05, 0) is 39.0 Å². The van der Waals surface area contributed by atoms with Crippen molar-refractivity contribution in [2.45, 2.75) is 45.6 Å². The monoisotopic (exact) mass is 301 g/mol. The quantitative estimate of drug-likeness (QED) is 0.767. The first-order valence-electron chi connectivity index (χ1n) is 7.00. The Bertz CT molecular complexity index is 414. The Kier molecular flexibility index (Phi) is 5.57. The summed E-state index contributed by atoms with van der Waals surface area (Å²) in [5, 5.41) is 18.0. The first-order chi connectivity index (χ1) is 9.58. The standard InChI is InChI=1S/C14H23NO6/c1-14(2,3)21-12(18)7-10-8-15(13(19)20)5-4-9(10)6-11(16)17/h9-10H,4-8H2,1-3H3,(H,16,17)(H,19,20)/t9-,10-/m0/s1. The molecule has 1 aliphatic heterocycles. The highest BCUT2D eigenvalue weighted by atomic mass is 16.6. The molecule has 0 aliphatic carbocycles. The summed E-state index contributed by atoms with van der Waals surface area (Å²) in [5.74, 6) is -1.88. The van der Waals surface area contributed by atoms with Crippen LogP contribution in [-0.2, 0) is 14.3 Å². The van der Waals surface area contributed by atoms with Crippen molar-refractivity contribution >= 4 is 18.0 Å². The lowest BCUT2D eigenvalue weighted by molar-refractivity contribution is -0.157. The third kappa shape index (κ3) is 6.01. The van der Waals surface area contributed by atoms with E-state index in [0.29, 0.717) is 13.0 Å². The van der Waals surface area contributed by atoms with Gasteiger partial charge in [0.25, 0.3) is 0 Å². The van der Waals surface area contributed by atoms with E-state index in [-0.39, 0.29) is 31.2 Å². The van der Waals surface area contributed by atoms with Crippen molar-refractivity contribution in [2.24, 2.45) is 11.8 Å². The predicted octanol–water partition coefficient (Wildman–Crippen LogP) is 1.81. The van der Waals surface area contributed by atoms with Crippen LogP contribution in [0, 0.1) is 11.8 Å². The normalized spacial score (nSPS) is 22.7. The molecule has 1 saturated heterocycles. The number of ether oxygens (including phenoxy) is 1. The molecule has 0 unspecified atom stereocenters. The SMILES string of the molecule is CC(C)(C)OC(=O)C[C@H]1CN(C(=O)O)CC[C@H]1CC(=O)O. The van der Waals surface area contributed by atoms with Gasteiger partial charge in [0.15, 0.2) is 0 Å². The van der Waals surface area contributed by atoms with Gasteiger partial charge < -0.3 is 19.8 Å². The van der Waals surface area contributed by atoms with Crippen LogP contribution in [0.2, 0.25) is 0 Å². The molecule has 1 rings (SSSR count). The fourth-order valence-electron chi connectivity index (χ4n) is 2.58. The second-order valence-electron chi connectivity index (χ2n) is 6.43. The molecular formula is C14H23NO6. The van der Waals surface area contributed by atoms with Crippen LogP contribution in [-0.4, -0.2) is 51.8 Å². The topological polar surface area (TPSA) is 104 Å². The van der Waals surface area contributed by atoms with E-state index < -0.39 is 23.6 Å². The van der Waals surface area contributed by atoms with Crippen LogP contribution >= 0.6 is 0 Å². The minimum Gasteiger partial charge on any atom is -0.481 e. The molecule has 1 heterocycles. The number of carbonyl (C=O) groups is 3. The molecule has 0 saturated carbocycles. The number of carboxylic acids is 1. The van der Waals surface area contributed by atoms with Crippen LogP contribution in [0.5, 0.6) is 0 Å². The minimum absolute atomic E-state index is 0.0407. The molecule has 0 aromatic rings. The predicted molar refractivity (Wildman–Crippen MR) is 73.9 cm³/mol. The van der Waals surface area contributed by atoms with E-state index in [2.05, 4.69) is 0 Å². The summed E-state index contributed by atoms with van der Waals surface area (Å²) < 4.78 is 5.24. The summed E-state index contributed by atoms with van der Waals surface area (Å²) >= 11 is 0. The average molecular weight is 301 g/mol. The first-order valence-corrected chi connectivity index (χ1v) is 7.00. The number of hydrogen-bond acceptors (Lipinski definition) is 4. The van der Waals surface area contributed by atoms with E-state index in [1.165, 1.54) is 4.90 Å². The van der Waals surface area contributed by atoms with Crippen LogP contribution in [0.25, 0.3) is 0 Å². The maximum atomic E-state index is 11.9. The van der Waals surface area contributed by atoms with Gasteiger partial charge in [0.05, 0.1) is 6.42 Å². The summed E-state index contributed by atoms with van der Waals surface area (Å²) in [6, 6.07) is 0. The van der Waals surface area contributed by atoms with Gasteiger partial charge >= 0.3 is 18.0 Å². The van der Waals surface area contributed by atoms with E-state index in [9.17, 15) is 14.4 Å². The van der Waals surface area contributed by atoms with Crippen molar-refractivity contribution in [2.75, 3.05) is 13.1 Å². The molecule has 0 aromatic carbocycles. The first kappa shape index (κ1) is 17.3. The number of carbonyl (C=O) groups excluding carboxylic acids is 1. The Morgan fingerprint density at radius 2 is 1.76 bits per heavy atom. The molecule has 1 amide bonds. The number of likely N-dealkylation sites (tertiary alicyclic amines) is 1. The molecule has 1 fully saturated rings. The molecule has 2 N–H and O–H groups in total. The lowest BCUT2D eigenvalue weighted by Gasteiger charge is -2.36. The molecule has 2 atom stereocenters. The van der Waals surface area contributed by atoms with E-state index in [1.54, 1.807) is 20.8 Å². The summed E-state index contributed by atoms with van der Waals surface area (Å²) in [5.41, 5.74) is -0.611. The molecule has 0 bridgehead atoms. The number of aliphatic carboxylic acids is 1. The molecule has 0 spiro atoms. The van der Waals surface area contributed by atoms with Gasteiger partial charge in [-0.1, -0.05) is 0 Å². The van der Waals surface area contributed by atoms with Gasteiger partial charge in [0.2, 0.25) is 0 Å². The van der Waals surface area contributed by atoms with Gasteiger partial charge in [0, 0.05) is 19.5 Å². The van der Waals surface area contributed by atoms with Crippen molar-refractivity contribution in [1.29, 1.82) is 0 Å². The molecule has 7 nitrogen and oxygen atoms in total. The van der Waals surface area contributed by atoms with Crippen LogP contribution in [0.4, 0.5) is 4.79 Å². The molecule has 0 aromatic heterocycles. The summed E-state index contributed by atoms with van der Waals surface area (Å²) in [6.07, 6.45) is -0.607. The van der Waals surface area contributed by atoms with Crippen LogP contribution in [0.1, 0.15) is 40.0 Å². The van der Waals surface area contributed by atoms with E-state index in [1.807, 2.05) is 0 Å². The lowest BCUT2D eigenvalue weighted by atomic mass is 9.81. The Hall–Kier alpha value is -1.79. The number of hydrogen-bond donors (Lipinski definition) is 2. The van der Waals surface area contributed by atoms with E-state index >= 15 is 0 Å². The number of rotatable bonds is 4. The average Bonchev–Trinajstić information content (AvgIpc) is 2.27. The van der Waals surface area contributed by atoms with Crippen molar-refractivity contribution in [3.63, 3.8) is 0 Å². The fraction of sp³-hybridized carbons (Fsp3) is 0.786. The minimum atomic E-state index is -1.04. The number of amides is 1. The molecule has 1 aliphatic rings. The Morgan fingerprint density at radius 1 is 1.14 bits per heavy atom.